The summed E-state index contributed by atoms with van der Waals surface area (Å²) in [5.41, 5.74) is 0.684. The second kappa shape index (κ2) is 8.17. The van der Waals surface area contributed by atoms with Crippen LogP contribution in [0.1, 0.15) is 33.1 Å². The first-order valence-electron chi connectivity index (χ1n) is 8.52. The van der Waals surface area contributed by atoms with Crippen molar-refractivity contribution >= 4 is 24.0 Å². The van der Waals surface area contributed by atoms with Gasteiger partial charge in [0.25, 0.3) is 0 Å². The molecular formula is C18H26ClFN2O2. The van der Waals surface area contributed by atoms with Crippen LogP contribution < -0.4 is 15.0 Å². The van der Waals surface area contributed by atoms with Crippen molar-refractivity contribution in [2.24, 2.45) is 11.8 Å². The molecule has 134 valence electrons. The number of piperidine rings is 1. The molecule has 1 saturated heterocycles. The fourth-order valence-electron chi connectivity index (χ4n) is 3.57. The molecule has 6 heteroatoms. The lowest BCUT2D eigenvalue weighted by Crippen LogP contribution is -2.43. The molecule has 3 rings (SSSR count). The number of amides is 1. The Kier molecular flexibility index (Phi) is 6.47. The van der Waals surface area contributed by atoms with Gasteiger partial charge in [-0.3, -0.25) is 4.79 Å². The van der Waals surface area contributed by atoms with Crippen molar-refractivity contribution in [3.05, 3.63) is 24.0 Å². The second-order valence-electron chi connectivity index (χ2n) is 6.83. The Morgan fingerprint density at radius 2 is 2.29 bits per heavy atom. The van der Waals surface area contributed by atoms with E-state index < -0.39 is 0 Å². The third-order valence-electron chi connectivity index (χ3n) is 4.92. The number of benzene rings is 1. The molecule has 1 aromatic carbocycles. The Morgan fingerprint density at radius 3 is 3.00 bits per heavy atom. The molecule has 1 amide bonds. The summed E-state index contributed by atoms with van der Waals surface area (Å²) in [7, 11) is 0. The first kappa shape index (κ1) is 19.0. The predicted octanol–water partition coefficient (Wildman–Crippen LogP) is 3.39. The Hall–Kier alpha value is -1.33. The first-order chi connectivity index (χ1) is 11.0. The van der Waals surface area contributed by atoms with E-state index in [9.17, 15) is 9.18 Å². The van der Waals surface area contributed by atoms with Gasteiger partial charge in [0.05, 0.1) is 12.2 Å². The number of carbonyl (C=O) groups excluding carboxylic acids is 1. The number of fused-ring (bicyclic) bond motifs is 1. The van der Waals surface area contributed by atoms with Crippen molar-refractivity contribution in [1.82, 2.24) is 5.32 Å². The van der Waals surface area contributed by atoms with E-state index in [1.165, 1.54) is 25.0 Å². The van der Waals surface area contributed by atoms with Gasteiger partial charge in [-0.05, 0) is 56.8 Å². The molecule has 0 radical (unpaired) electrons. The molecule has 2 heterocycles. The Bertz CT molecular complexity index is 578. The maximum atomic E-state index is 13.4. The summed E-state index contributed by atoms with van der Waals surface area (Å²) in [4.78, 5) is 14.6. The molecule has 0 aliphatic carbocycles. The lowest BCUT2D eigenvalue weighted by molar-refractivity contribution is -0.120. The van der Waals surface area contributed by atoms with Crippen molar-refractivity contribution in [2.45, 2.75) is 39.2 Å². The Morgan fingerprint density at radius 1 is 1.50 bits per heavy atom. The third-order valence-corrected chi connectivity index (χ3v) is 4.92. The van der Waals surface area contributed by atoms with Crippen LogP contribution in [0.5, 0.6) is 5.75 Å². The fourth-order valence-corrected chi connectivity index (χ4v) is 3.57. The molecule has 24 heavy (non-hydrogen) atoms. The number of rotatable bonds is 3. The highest BCUT2D eigenvalue weighted by Gasteiger charge is 2.30. The van der Waals surface area contributed by atoms with Crippen molar-refractivity contribution in [1.29, 1.82) is 0 Å². The summed E-state index contributed by atoms with van der Waals surface area (Å²) >= 11 is 0. The van der Waals surface area contributed by atoms with E-state index >= 15 is 0 Å². The van der Waals surface area contributed by atoms with Crippen molar-refractivity contribution < 1.29 is 13.9 Å². The van der Waals surface area contributed by atoms with E-state index in [1.54, 1.807) is 11.0 Å². The van der Waals surface area contributed by atoms with Gasteiger partial charge >= 0.3 is 0 Å². The van der Waals surface area contributed by atoms with E-state index in [0.717, 1.165) is 13.1 Å². The van der Waals surface area contributed by atoms with Crippen LogP contribution in [0.2, 0.25) is 0 Å². The van der Waals surface area contributed by atoms with Crippen molar-refractivity contribution in [3.8, 4) is 5.75 Å². The fraction of sp³-hybridized carbons (Fsp3) is 0.611. The zero-order valence-corrected chi connectivity index (χ0v) is 15.1. The lowest BCUT2D eigenvalue weighted by atomic mass is 9.85. The van der Waals surface area contributed by atoms with Crippen LogP contribution in [0.4, 0.5) is 10.1 Å². The summed E-state index contributed by atoms with van der Waals surface area (Å²) in [6, 6.07) is 4.38. The van der Waals surface area contributed by atoms with Crippen LogP contribution in [0.3, 0.4) is 0 Å². The van der Waals surface area contributed by atoms with Crippen LogP contribution >= 0.6 is 12.4 Å². The third kappa shape index (κ3) is 4.19. The van der Waals surface area contributed by atoms with E-state index in [1.807, 2.05) is 6.92 Å². The average molecular weight is 357 g/mol. The number of nitrogens with zero attached hydrogens (tertiary/aromatic N) is 1. The highest BCUT2D eigenvalue weighted by atomic mass is 35.5. The average Bonchev–Trinajstić information content (AvgIpc) is 2.54. The van der Waals surface area contributed by atoms with Crippen LogP contribution in [0.25, 0.3) is 0 Å². The van der Waals surface area contributed by atoms with E-state index in [0.29, 0.717) is 36.2 Å². The number of carbonyl (C=O) groups is 1. The maximum Gasteiger partial charge on any atom is 0.227 e. The molecule has 2 aliphatic heterocycles. The topological polar surface area (TPSA) is 41.6 Å². The second-order valence-corrected chi connectivity index (χ2v) is 6.83. The molecule has 1 N–H and O–H groups in total. The minimum Gasteiger partial charge on any atom is -0.487 e. The van der Waals surface area contributed by atoms with Crippen LogP contribution in [0.15, 0.2) is 18.2 Å². The standard InChI is InChI=1S/C18H25FN2O2.ClH/c1-12(14-4-3-7-20-10-14)8-18(22)21-11-13(2)23-17-9-15(19)5-6-16(17)21;/h5-6,9,12-14,20H,3-4,7-8,10-11H2,1-2H3;1H. The maximum absolute atomic E-state index is 13.4. The highest BCUT2D eigenvalue weighted by Crippen LogP contribution is 2.35. The predicted molar refractivity (Wildman–Crippen MR) is 95.5 cm³/mol. The molecule has 1 aromatic rings. The molecule has 3 atom stereocenters. The Balaban J connectivity index is 0.00000208. The smallest absolute Gasteiger partial charge is 0.227 e. The summed E-state index contributed by atoms with van der Waals surface area (Å²) in [6.07, 6.45) is 2.76. The molecular weight excluding hydrogens is 331 g/mol. The monoisotopic (exact) mass is 356 g/mol. The highest BCUT2D eigenvalue weighted by molar-refractivity contribution is 5.95. The number of nitrogens with one attached hydrogen (secondary N) is 1. The van der Waals surface area contributed by atoms with Gasteiger partial charge in [-0.1, -0.05) is 6.92 Å². The lowest BCUT2D eigenvalue weighted by Gasteiger charge is -2.35. The van der Waals surface area contributed by atoms with Gasteiger partial charge in [0.1, 0.15) is 17.7 Å². The minimum absolute atomic E-state index is 0. The van der Waals surface area contributed by atoms with E-state index in [2.05, 4.69) is 12.2 Å². The van der Waals surface area contributed by atoms with Gasteiger partial charge in [-0.15, -0.1) is 12.4 Å². The van der Waals surface area contributed by atoms with Gasteiger partial charge in [0, 0.05) is 12.5 Å². The number of halogens is 2. The largest absolute Gasteiger partial charge is 0.487 e. The van der Waals surface area contributed by atoms with E-state index in [4.69, 9.17) is 4.74 Å². The number of hydrogen-bond donors (Lipinski definition) is 1. The normalized spacial score (nSPS) is 24.4. The quantitative estimate of drug-likeness (QED) is 0.902. The van der Waals surface area contributed by atoms with Gasteiger partial charge < -0.3 is 15.0 Å². The van der Waals surface area contributed by atoms with Crippen LogP contribution in [-0.4, -0.2) is 31.6 Å². The zero-order valence-electron chi connectivity index (χ0n) is 14.3. The molecule has 0 aromatic heterocycles. The van der Waals surface area contributed by atoms with E-state index in [-0.39, 0.29) is 30.2 Å². The summed E-state index contributed by atoms with van der Waals surface area (Å²) in [5.74, 6) is 1.12. The van der Waals surface area contributed by atoms with Crippen molar-refractivity contribution in [2.75, 3.05) is 24.5 Å². The zero-order chi connectivity index (χ0) is 16.4. The van der Waals surface area contributed by atoms with Gasteiger partial charge in [0.15, 0.2) is 0 Å². The Labute approximate surface area is 149 Å². The molecule has 3 unspecified atom stereocenters. The molecule has 0 bridgehead atoms. The first-order valence-corrected chi connectivity index (χ1v) is 8.52. The van der Waals surface area contributed by atoms with Gasteiger partial charge in [-0.2, -0.15) is 0 Å². The summed E-state index contributed by atoms with van der Waals surface area (Å²) < 4.78 is 19.1. The van der Waals surface area contributed by atoms with Gasteiger partial charge in [0.2, 0.25) is 5.91 Å². The van der Waals surface area contributed by atoms with Crippen LogP contribution in [-0.2, 0) is 4.79 Å². The molecule has 0 spiro atoms. The van der Waals surface area contributed by atoms with Gasteiger partial charge in [-0.25, -0.2) is 4.39 Å². The number of ether oxygens (including phenoxy) is 1. The summed E-state index contributed by atoms with van der Waals surface area (Å²) in [6.45, 7) is 6.66. The summed E-state index contributed by atoms with van der Waals surface area (Å²) in [5, 5.41) is 3.41. The minimum atomic E-state index is -0.341. The molecule has 2 aliphatic rings. The van der Waals surface area contributed by atoms with Crippen molar-refractivity contribution in [3.63, 3.8) is 0 Å². The molecule has 0 saturated carbocycles. The SMILES string of the molecule is CC1CN(C(=O)CC(C)C2CCCNC2)c2ccc(F)cc2O1.Cl. The number of anilines is 1. The molecule has 1 fully saturated rings. The number of hydrogen-bond acceptors (Lipinski definition) is 3. The van der Waals surface area contributed by atoms with Crippen LogP contribution in [0, 0.1) is 17.7 Å². The molecule has 4 nitrogen and oxygen atoms in total.